The molecular formula is C9H14N4O3S. The van der Waals surface area contributed by atoms with Crippen molar-refractivity contribution in [2.24, 2.45) is 0 Å². The van der Waals surface area contributed by atoms with Crippen LogP contribution in [0.2, 0.25) is 0 Å². The predicted octanol–water partition coefficient (Wildman–Crippen LogP) is 1.29. The van der Waals surface area contributed by atoms with Crippen molar-refractivity contribution in [3.05, 3.63) is 16.3 Å². The van der Waals surface area contributed by atoms with Crippen molar-refractivity contribution in [3.63, 3.8) is 0 Å². The van der Waals surface area contributed by atoms with Gasteiger partial charge in [0.2, 0.25) is 5.95 Å². The third-order valence-electron chi connectivity index (χ3n) is 1.80. The molecule has 0 fully saturated rings. The molecule has 0 bridgehead atoms. The maximum atomic E-state index is 10.7. The first-order valence-corrected chi connectivity index (χ1v) is 6.16. The van der Waals surface area contributed by atoms with Gasteiger partial charge in [-0.1, -0.05) is 18.7 Å². The van der Waals surface area contributed by atoms with Gasteiger partial charge in [-0.25, -0.2) is 4.98 Å². The number of anilines is 1. The van der Waals surface area contributed by atoms with E-state index in [2.05, 4.69) is 15.3 Å². The van der Waals surface area contributed by atoms with Gasteiger partial charge in [0.1, 0.15) is 6.20 Å². The van der Waals surface area contributed by atoms with Gasteiger partial charge in [-0.15, -0.1) is 0 Å². The van der Waals surface area contributed by atoms with Crippen LogP contribution in [0.3, 0.4) is 0 Å². The highest BCUT2D eigenvalue weighted by Crippen LogP contribution is 2.26. The molecule has 0 atom stereocenters. The molecule has 1 aromatic heterocycles. The molecule has 0 aliphatic heterocycles. The number of rotatable bonds is 7. The summed E-state index contributed by atoms with van der Waals surface area (Å²) in [5.74, 6) is 0.739. The molecule has 0 radical (unpaired) electrons. The Balaban J connectivity index is 2.88. The standard InChI is InChI=1S/C9H14N4O3S/c1-2-3-10-9-11-6-7(13(15)16)8(12-9)17-5-4-14/h6,14H,2-5H2,1H3,(H,10,11,12). The lowest BCUT2D eigenvalue weighted by molar-refractivity contribution is -0.388. The number of aliphatic hydroxyl groups excluding tert-OH is 1. The summed E-state index contributed by atoms with van der Waals surface area (Å²) in [6, 6.07) is 0. The number of nitro groups is 1. The summed E-state index contributed by atoms with van der Waals surface area (Å²) in [6.07, 6.45) is 2.10. The van der Waals surface area contributed by atoms with Gasteiger partial charge in [-0.2, -0.15) is 4.98 Å². The van der Waals surface area contributed by atoms with Crippen molar-refractivity contribution < 1.29 is 10.0 Å². The SMILES string of the molecule is CCCNc1ncc([N+](=O)[O-])c(SCCO)n1. The van der Waals surface area contributed by atoms with Crippen LogP contribution in [0.15, 0.2) is 11.2 Å². The molecule has 1 heterocycles. The van der Waals surface area contributed by atoms with Crippen LogP contribution < -0.4 is 5.32 Å². The fraction of sp³-hybridized carbons (Fsp3) is 0.556. The third-order valence-corrected chi connectivity index (χ3v) is 2.76. The Kier molecular flexibility index (Phi) is 5.64. The van der Waals surface area contributed by atoms with Crippen LogP contribution in [-0.4, -0.2) is 38.9 Å². The molecule has 2 N–H and O–H groups in total. The summed E-state index contributed by atoms with van der Waals surface area (Å²) in [5, 5.41) is 22.7. The number of nitrogens with one attached hydrogen (secondary N) is 1. The summed E-state index contributed by atoms with van der Waals surface area (Å²) in [6.45, 7) is 2.66. The van der Waals surface area contributed by atoms with E-state index in [0.29, 0.717) is 18.2 Å². The summed E-state index contributed by atoms with van der Waals surface area (Å²) in [7, 11) is 0. The molecule has 0 spiro atoms. The van der Waals surface area contributed by atoms with Crippen molar-refractivity contribution in [2.45, 2.75) is 18.4 Å². The first kappa shape index (κ1) is 13.7. The lowest BCUT2D eigenvalue weighted by Crippen LogP contribution is -2.06. The molecule has 0 saturated heterocycles. The van der Waals surface area contributed by atoms with E-state index >= 15 is 0 Å². The smallest absolute Gasteiger partial charge is 0.319 e. The minimum atomic E-state index is -0.524. The first-order chi connectivity index (χ1) is 8.19. The lowest BCUT2D eigenvalue weighted by Gasteiger charge is -2.05. The number of hydrogen-bond acceptors (Lipinski definition) is 7. The Labute approximate surface area is 103 Å². The molecule has 7 nitrogen and oxygen atoms in total. The predicted molar refractivity (Wildman–Crippen MR) is 65.3 cm³/mol. The van der Waals surface area contributed by atoms with E-state index in [-0.39, 0.29) is 17.3 Å². The Morgan fingerprint density at radius 3 is 3.00 bits per heavy atom. The van der Waals surface area contributed by atoms with E-state index in [1.54, 1.807) is 0 Å². The molecule has 0 aliphatic carbocycles. The molecular weight excluding hydrogens is 244 g/mol. The number of aromatic nitrogens is 2. The fourth-order valence-electron chi connectivity index (χ4n) is 1.06. The second-order valence-corrected chi connectivity index (χ2v) is 4.22. The van der Waals surface area contributed by atoms with E-state index < -0.39 is 4.92 Å². The van der Waals surface area contributed by atoms with Crippen molar-refractivity contribution in [3.8, 4) is 0 Å². The van der Waals surface area contributed by atoms with E-state index in [0.717, 1.165) is 18.2 Å². The molecule has 1 rings (SSSR count). The van der Waals surface area contributed by atoms with E-state index in [9.17, 15) is 10.1 Å². The van der Waals surface area contributed by atoms with Crippen molar-refractivity contribution >= 4 is 23.4 Å². The maximum Gasteiger partial charge on any atom is 0.319 e. The molecule has 0 saturated carbocycles. The Morgan fingerprint density at radius 2 is 2.41 bits per heavy atom. The highest BCUT2D eigenvalue weighted by Gasteiger charge is 2.17. The molecule has 94 valence electrons. The Bertz CT molecular complexity index is 389. The van der Waals surface area contributed by atoms with Gasteiger partial charge in [-0.3, -0.25) is 10.1 Å². The summed E-state index contributed by atoms with van der Waals surface area (Å²) in [5.41, 5.74) is -0.134. The minimum Gasteiger partial charge on any atom is -0.396 e. The Hall–Kier alpha value is -1.41. The number of thioether (sulfide) groups is 1. The van der Waals surface area contributed by atoms with Gasteiger partial charge >= 0.3 is 5.69 Å². The normalized spacial score (nSPS) is 10.2. The second-order valence-electron chi connectivity index (χ2n) is 3.14. The second kappa shape index (κ2) is 7.02. The van der Waals surface area contributed by atoms with Gasteiger partial charge in [0.15, 0.2) is 5.03 Å². The van der Waals surface area contributed by atoms with Gasteiger partial charge in [0.05, 0.1) is 11.5 Å². The fourth-order valence-corrected chi connectivity index (χ4v) is 1.77. The van der Waals surface area contributed by atoms with Crippen LogP contribution in [0, 0.1) is 10.1 Å². The maximum absolute atomic E-state index is 10.7. The molecule has 0 aliphatic rings. The number of aliphatic hydroxyl groups is 1. The highest BCUT2D eigenvalue weighted by molar-refractivity contribution is 7.99. The van der Waals surface area contributed by atoms with Gasteiger partial charge < -0.3 is 10.4 Å². The quantitative estimate of drug-likeness (QED) is 0.329. The van der Waals surface area contributed by atoms with Crippen LogP contribution in [0.1, 0.15) is 13.3 Å². The summed E-state index contributed by atoms with van der Waals surface area (Å²) < 4.78 is 0. The average molecular weight is 258 g/mol. The number of nitrogens with zero attached hydrogens (tertiary/aromatic N) is 3. The first-order valence-electron chi connectivity index (χ1n) is 5.18. The van der Waals surface area contributed by atoms with Gasteiger partial charge in [0, 0.05) is 12.3 Å². The van der Waals surface area contributed by atoms with E-state index in [4.69, 9.17) is 5.11 Å². The summed E-state index contributed by atoms with van der Waals surface area (Å²) in [4.78, 5) is 18.1. The van der Waals surface area contributed by atoms with Crippen LogP contribution in [0.4, 0.5) is 11.6 Å². The van der Waals surface area contributed by atoms with Gasteiger partial charge in [-0.05, 0) is 6.42 Å². The topological polar surface area (TPSA) is 101 Å². The Morgan fingerprint density at radius 1 is 1.65 bits per heavy atom. The van der Waals surface area contributed by atoms with Crippen LogP contribution in [0.5, 0.6) is 0 Å². The highest BCUT2D eigenvalue weighted by atomic mass is 32.2. The largest absolute Gasteiger partial charge is 0.396 e. The van der Waals surface area contributed by atoms with Crippen LogP contribution in [0.25, 0.3) is 0 Å². The molecule has 0 aromatic carbocycles. The zero-order valence-electron chi connectivity index (χ0n) is 9.42. The van der Waals surface area contributed by atoms with Crippen molar-refractivity contribution in [1.29, 1.82) is 0 Å². The third kappa shape index (κ3) is 4.16. The zero-order chi connectivity index (χ0) is 12.7. The summed E-state index contributed by atoms with van der Waals surface area (Å²) >= 11 is 1.14. The van der Waals surface area contributed by atoms with Gasteiger partial charge in [0.25, 0.3) is 0 Å². The van der Waals surface area contributed by atoms with E-state index in [1.807, 2.05) is 6.92 Å². The molecule has 17 heavy (non-hydrogen) atoms. The molecule has 0 unspecified atom stereocenters. The minimum absolute atomic E-state index is 0.0520. The zero-order valence-corrected chi connectivity index (χ0v) is 10.2. The monoisotopic (exact) mass is 258 g/mol. The molecule has 1 aromatic rings. The molecule has 0 amide bonds. The van der Waals surface area contributed by atoms with Crippen LogP contribution >= 0.6 is 11.8 Å². The van der Waals surface area contributed by atoms with Crippen molar-refractivity contribution in [2.75, 3.05) is 24.2 Å². The van der Waals surface area contributed by atoms with Crippen LogP contribution in [-0.2, 0) is 0 Å². The number of hydrogen-bond donors (Lipinski definition) is 2. The van der Waals surface area contributed by atoms with E-state index in [1.165, 1.54) is 6.20 Å². The molecule has 8 heteroatoms. The lowest BCUT2D eigenvalue weighted by atomic mass is 10.5. The average Bonchev–Trinajstić information content (AvgIpc) is 2.33. The van der Waals surface area contributed by atoms with Crippen molar-refractivity contribution in [1.82, 2.24) is 9.97 Å².